The number of nitrogens with one attached hydrogen (secondary N) is 2. The van der Waals surface area contributed by atoms with E-state index in [0.717, 1.165) is 23.0 Å². The Labute approximate surface area is 136 Å². The van der Waals surface area contributed by atoms with Gasteiger partial charge in [0.05, 0.1) is 17.0 Å². The van der Waals surface area contributed by atoms with Gasteiger partial charge >= 0.3 is 0 Å². The van der Waals surface area contributed by atoms with Gasteiger partial charge in [-0.25, -0.2) is 4.98 Å². The van der Waals surface area contributed by atoms with E-state index in [4.69, 9.17) is 0 Å². The summed E-state index contributed by atoms with van der Waals surface area (Å²) in [5.41, 5.74) is 2.81. The smallest absolute Gasteiger partial charge is 0.234 e. The van der Waals surface area contributed by atoms with Crippen LogP contribution in [0.15, 0.2) is 54.6 Å². The van der Waals surface area contributed by atoms with Crippen molar-refractivity contribution in [2.75, 3.05) is 5.32 Å². The zero-order valence-corrected chi connectivity index (χ0v) is 13.4. The number of amides is 1. The fourth-order valence-electron chi connectivity index (χ4n) is 2.84. The number of imidazole rings is 1. The van der Waals surface area contributed by atoms with Gasteiger partial charge in [-0.1, -0.05) is 62.7 Å². The Kier molecular flexibility index (Phi) is 4.42. The first kappa shape index (κ1) is 15.3. The van der Waals surface area contributed by atoms with E-state index in [1.807, 2.05) is 54.6 Å². The van der Waals surface area contributed by atoms with E-state index in [9.17, 15) is 4.79 Å². The molecule has 2 atom stereocenters. The second-order valence-electron chi connectivity index (χ2n) is 5.87. The molecule has 0 aliphatic rings. The standard InChI is InChI=1S/C19H21N3O/c1-3-13(2)17(14-9-5-4-6-10-14)18(23)22-19-20-15-11-7-8-12-16(15)21-19/h4-13,17H,3H2,1-2H3,(H2,20,21,22,23)/t13-,17-/m0/s1. The molecule has 4 heteroatoms. The topological polar surface area (TPSA) is 57.8 Å². The molecule has 23 heavy (non-hydrogen) atoms. The maximum absolute atomic E-state index is 12.8. The minimum Gasteiger partial charge on any atom is -0.324 e. The van der Waals surface area contributed by atoms with Crippen LogP contribution in [0.25, 0.3) is 11.0 Å². The Balaban J connectivity index is 1.86. The summed E-state index contributed by atoms with van der Waals surface area (Å²) in [4.78, 5) is 20.4. The molecular weight excluding hydrogens is 286 g/mol. The van der Waals surface area contributed by atoms with Crippen LogP contribution < -0.4 is 5.32 Å². The summed E-state index contributed by atoms with van der Waals surface area (Å²) >= 11 is 0. The minimum absolute atomic E-state index is 0.0235. The lowest BCUT2D eigenvalue weighted by Crippen LogP contribution is -2.26. The summed E-state index contributed by atoms with van der Waals surface area (Å²) in [5, 5.41) is 2.94. The molecule has 3 aromatic rings. The van der Waals surface area contributed by atoms with Gasteiger partial charge in [-0.05, 0) is 23.6 Å². The van der Waals surface area contributed by atoms with Gasteiger partial charge in [0.15, 0.2) is 0 Å². The van der Waals surface area contributed by atoms with Crippen molar-refractivity contribution in [2.24, 2.45) is 5.92 Å². The van der Waals surface area contributed by atoms with Crippen LogP contribution in [-0.4, -0.2) is 15.9 Å². The predicted molar refractivity (Wildman–Crippen MR) is 93.4 cm³/mol. The van der Waals surface area contributed by atoms with Crippen LogP contribution in [0.1, 0.15) is 31.7 Å². The highest BCUT2D eigenvalue weighted by Crippen LogP contribution is 2.28. The zero-order valence-electron chi connectivity index (χ0n) is 13.4. The van der Waals surface area contributed by atoms with Crippen molar-refractivity contribution in [1.82, 2.24) is 9.97 Å². The van der Waals surface area contributed by atoms with E-state index >= 15 is 0 Å². The minimum atomic E-state index is -0.186. The number of fused-ring (bicyclic) bond motifs is 1. The molecule has 0 fully saturated rings. The van der Waals surface area contributed by atoms with E-state index in [-0.39, 0.29) is 17.7 Å². The van der Waals surface area contributed by atoms with E-state index < -0.39 is 0 Å². The third-order valence-electron chi connectivity index (χ3n) is 4.29. The number of aromatic amines is 1. The maximum Gasteiger partial charge on any atom is 0.234 e. The molecule has 0 aliphatic heterocycles. The number of hydrogen-bond acceptors (Lipinski definition) is 2. The number of anilines is 1. The third kappa shape index (κ3) is 3.26. The Morgan fingerprint density at radius 1 is 1.13 bits per heavy atom. The molecule has 3 rings (SSSR count). The van der Waals surface area contributed by atoms with Gasteiger partial charge in [0, 0.05) is 0 Å². The molecule has 1 amide bonds. The van der Waals surface area contributed by atoms with Crippen molar-refractivity contribution in [3.63, 3.8) is 0 Å². The monoisotopic (exact) mass is 307 g/mol. The van der Waals surface area contributed by atoms with Crippen LogP contribution in [0.3, 0.4) is 0 Å². The Hall–Kier alpha value is -2.62. The first-order chi connectivity index (χ1) is 11.2. The highest BCUT2D eigenvalue weighted by atomic mass is 16.2. The van der Waals surface area contributed by atoms with Crippen LogP contribution in [0.4, 0.5) is 5.95 Å². The SMILES string of the molecule is CC[C@H](C)[C@H](C(=O)Nc1nc2ccccc2[nH]1)c1ccccc1. The van der Waals surface area contributed by atoms with E-state index in [0.29, 0.717) is 5.95 Å². The number of benzene rings is 2. The van der Waals surface area contributed by atoms with Gasteiger partial charge in [-0.15, -0.1) is 0 Å². The number of H-pyrrole nitrogens is 1. The van der Waals surface area contributed by atoms with Crippen LogP contribution in [0, 0.1) is 5.92 Å². The van der Waals surface area contributed by atoms with Crippen LogP contribution in [-0.2, 0) is 4.79 Å². The lowest BCUT2D eigenvalue weighted by atomic mass is 9.85. The molecule has 0 radical (unpaired) electrons. The molecule has 0 bridgehead atoms. The number of para-hydroxylation sites is 2. The molecule has 1 aromatic heterocycles. The van der Waals surface area contributed by atoms with Crippen molar-refractivity contribution in [3.05, 3.63) is 60.2 Å². The first-order valence-corrected chi connectivity index (χ1v) is 7.99. The highest BCUT2D eigenvalue weighted by Gasteiger charge is 2.26. The molecular formula is C19H21N3O. The summed E-state index contributed by atoms with van der Waals surface area (Å²) in [5.74, 6) is 0.543. The molecule has 118 valence electrons. The second-order valence-corrected chi connectivity index (χ2v) is 5.87. The number of hydrogen-bond donors (Lipinski definition) is 2. The van der Waals surface area contributed by atoms with Crippen molar-refractivity contribution in [1.29, 1.82) is 0 Å². The fourth-order valence-corrected chi connectivity index (χ4v) is 2.84. The average Bonchev–Trinajstić information content (AvgIpc) is 2.98. The maximum atomic E-state index is 12.8. The molecule has 4 nitrogen and oxygen atoms in total. The summed E-state index contributed by atoms with van der Waals surface area (Å²) in [6.07, 6.45) is 0.938. The molecule has 0 saturated heterocycles. The molecule has 0 aliphatic carbocycles. The highest BCUT2D eigenvalue weighted by molar-refractivity contribution is 5.96. The molecule has 1 heterocycles. The van der Waals surface area contributed by atoms with Gasteiger partial charge in [-0.3, -0.25) is 10.1 Å². The molecule has 2 aromatic carbocycles. The summed E-state index contributed by atoms with van der Waals surface area (Å²) in [6.45, 7) is 4.21. The summed E-state index contributed by atoms with van der Waals surface area (Å²) < 4.78 is 0. The largest absolute Gasteiger partial charge is 0.324 e. The molecule has 0 saturated carbocycles. The molecule has 2 N–H and O–H groups in total. The predicted octanol–water partition coefficient (Wildman–Crippen LogP) is 4.33. The van der Waals surface area contributed by atoms with Crippen LogP contribution >= 0.6 is 0 Å². The molecule has 0 unspecified atom stereocenters. The summed E-state index contributed by atoms with van der Waals surface area (Å²) in [7, 11) is 0. The summed E-state index contributed by atoms with van der Waals surface area (Å²) in [6, 6.07) is 17.7. The number of aromatic nitrogens is 2. The Bertz CT molecular complexity index is 761. The van der Waals surface area contributed by atoms with Crippen LogP contribution in [0.5, 0.6) is 0 Å². The number of carbonyl (C=O) groups excluding carboxylic acids is 1. The number of rotatable bonds is 5. The normalized spacial score (nSPS) is 13.7. The van der Waals surface area contributed by atoms with Gasteiger partial charge in [0.2, 0.25) is 11.9 Å². The quantitative estimate of drug-likeness (QED) is 0.737. The van der Waals surface area contributed by atoms with Crippen molar-refractivity contribution >= 4 is 22.9 Å². The van der Waals surface area contributed by atoms with Crippen LogP contribution in [0.2, 0.25) is 0 Å². The van der Waals surface area contributed by atoms with Gasteiger partial charge in [0.25, 0.3) is 0 Å². The first-order valence-electron chi connectivity index (χ1n) is 7.99. The van der Waals surface area contributed by atoms with Gasteiger partial charge in [0.1, 0.15) is 0 Å². The lowest BCUT2D eigenvalue weighted by Gasteiger charge is -2.22. The zero-order chi connectivity index (χ0) is 16.2. The molecule has 0 spiro atoms. The van der Waals surface area contributed by atoms with E-state index in [2.05, 4.69) is 29.1 Å². The van der Waals surface area contributed by atoms with Crippen molar-refractivity contribution in [3.8, 4) is 0 Å². The van der Waals surface area contributed by atoms with Crippen molar-refractivity contribution in [2.45, 2.75) is 26.2 Å². The number of carbonyl (C=O) groups is 1. The second kappa shape index (κ2) is 6.65. The number of nitrogens with zero attached hydrogens (tertiary/aromatic N) is 1. The van der Waals surface area contributed by atoms with Gasteiger partial charge < -0.3 is 4.98 Å². The fraction of sp³-hybridized carbons (Fsp3) is 0.263. The third-order valence-corrected chi connectivity index (χ3v) is 4.29. The average molecular weight is 307 g/mol. The van der Waals surface area contributed by atoms with Gasteiger partial charge in [-0.2, -0.15) is 0 Å². The van der Waals surface area contributed by atoms with Crippen molar-refractivity contribution < 1.29 is 4.79 Å². The Morgan fingerprint density at radius 2 is 1.83 bits per heavy atom. The lowest BCUT2D eigenvalue weighted by molar-refractivity contribution is -0.118. The Morgan fingerprint density at radius 3 is 2.52 bits per heavy atom. The van der Waals surface area contributed by atoms with E-state index in [1.54, 1.807) is 0 Å². The van der Waals surface area contributed by atoms with E-state index in [1.165, 1.54) is 0 Å².